The Labute approximate surface area is 132 Å². The predicted octanol–water partition coefficient (Wildman–Crippen LogP) is 3.47. The maximum Gasteiger partial charge on any atom is 0.109 e. The van der Waals surface area contributed by atoms with Crippen molar-refractivity contribution in [2.75, 3.05) is 13.1 Å². The van der Waals surface area contributed by atoms with Crippen LogP contribution in [0, 0.1) is 0 Å². The highest BCUT2D eigenvalue weighted by atomic mass is 28.3. The zero-order chi connectivity index (χ0) is 15.5. The second-order valence-electron chi connectivity index (χ2n) is 6.81. The van der Waals surface area contributed by atoms with Gasteiger partial charge in [0.1, 0.15) is 8.96 Å². The second-order valence-corrected chi connectivity index (χ2v) is 11.7. The monoisotopic (exact) mass is 316 g/mol. The molecule has 1 atom stereocenters. The lowest BCUT2D eigenvalue weighted by atomic mass is 10.4. The highest BCUT2D eigenvalue weighted by molar-refractivity contribution is 6.54. The third-order valence-corrected chi connectivity index (χ3v) is 9.94. The molecule has 0 N–H and O–H groups in total. The fraction of sp³-hybridized carbons (Fsp3) is 1.00. The molecule has 0 aliphatic heterocycles. The van der Waals surface area contributed by atoms with E-state index in [-0.39, 0.29) is 9.68 Å². The Bertz CT molecular complexity index is 223. The first-order valence-corrected chi connectivity index (χ1v) is 13.1. The molecule has 4 heteroatoms. The minimum absolute atomic E-state index is 0.00544. The van der Waals surface area contributed by atoms with Crippen LogP contribution < -0.4 is 0 Å². The van der Waals surface area contributed by atoms with Crippen LogP contribution in [0.5, 0.6) is 0 Å². The Morgan fingerprint density at radius 2 is 1.55 bits per heavy atom. The quantitative estimate of drug-likeness (QED) is 0.402. The molecule has 0 fully saturated rings. The van der Waals surface area contributed by atoms with Crippen molar-refractivity contribution in [1.29, 1.82) is 0 Å². The third kappa shape index (κ3) is 8.60. The highest BCUT2D eigenvalue weighted by Crippen LogP contribution is 2.12. The molecule has 1 unspecified atom stereocenters. The summed E-state index contributed by atoms with van der Waals surface area (Å²) in [7, 11) is -0.654. The van der Waals surface area contributed by atoms with Crippen LogP contribution in [0.1, 0.15) is 60.8 Å². The molecule has 0 spiro atoms. The molecule has 0 saturated carbocycles. The Morgan fingerprint density at radius 1 is 0.950 bits per heavy atom. The number of hydrogen-bond donors (Lipinski definition) is 0. The summed E-state index contributed by atoms with van der Waals surface area (Å²) in [5.74, 6) is 0. The minimum atomic E-state index is -0.659. The van der Waals surface area contributed by atoms with Gasteiger partial charge in [0.25, 0.3) is 0 Å². The predicted molar refractivity (Wildman–Crippen MR) is 100 cm³/mol. The highest BCUT2D eigenvalue weighted by Gasteiger charge is 2.17. The van der Waals surface area contributed by atoms with Gasteiger partial charge in [0, 0.05) is 0 Å². The Kier molecular flexibility index (Phi) is 12.2. The minimum Gasteiger partial charge on any atom is -0.327 e. The van der Waals surface area contributed by atoms with Crippen molar-refractivity contribution < 1.29 is 0 Å². The van der Waals surface area contributed by atoms with Crippen molar-refractivity contribution in [3.05, 3.63) is 0 Å². The van der Waals surface area contributed by atoms with Crippen LogP contribution in [0.25, 0.3) is 0 Å². The summed E-state index contributed by atoms with van der Waals surface area (Å²) in [6.07, 6.45) is 4.11. The van der Waals surface area contributed by atoms with Gasteiger partial charge in [-0.3, -0.25) is 0 Å². The summed E-state index contributed by atoms with van der Waals surface area (Å²) in [6.45, 7) is 19.3. The SMILES string of the molecule is CCCN([SiH2]CCC[SiH](C)N(CCC)C(C)C)C(C)C. The van der Waals surface area contributed by atoms with Crippen LogP contribution >= 0.6 is 0 Å². The lowest BCUT2D eigenvalue weighted by molar-refractivity contribution is 0.360. The largest absolute Gasteiger partial charge is 0.327 e. The van der Waals surface area contributed by atoms with E-state index < -0.39 is 8.96 Å². The molecule has 0 saturated heterocycles. The molecule has 0 bridgehead atoms. The van der Waals surface area contributed by atoms with E-state index in [1.807, 2.05) is 0 Å². The molecule has 0 amide bonds. The summed E-state index contributed by atoms with van der Waals surface area (Å²) < 4.78 is 5.59. The molecule has 0 rings (SSSR count). The zero-order valence-corrected chi connectivity index (χ0v) is 17.9. The molecule has 20 heavy (non-hydrogen) atoms. The second kappa shape index (κ2) is 12.0. The van der Waals surface area contributed by atoms with Gasteiger partial charge < -0.3 is 9.13 Å². The van der Waals surface area contributed by atoms with Gasteiger partial charge in [-0.05, 0) is 44.1 Å². The molecule has 0 aromatic heterocycles. The molecular weight excluding hydrogens is 276 g/mol. The fourth-order valence-corrected chi connectivity index (χ4v) is 8.56. The van der Waals surface area contributed by atoms with Gasteiger partial charge in [0.2, 0.25) is 0 Å². The maximum absolute atomic E-state index is 2.81. The van der Waals surface area contributed by atoms with Crippen LogP contribution in [-0.4, -0.2) is 52.9 Å². The molecular formula is C16H40N2Si2. The summed E-state index contributed by atoms with van der Waals surface area (Å²) in [4.78, 5) is 0. The van der Waals surface area contributed by atoms with Crippen LogP contribution in [0.4, 0.5) is 0 Å². The van der Waals surface area contributed by atoms with E-state index in [1.165, 1.54) is 44.4 Å². The van der Waals surface area contributed by atoms with E-state index in [4.69, 9.17) is 0 Å². The van der Waals surface area contributed by atoms with Crippen molar-refractivity contribution in [1.82, 2.24) is 9.13 Å². The maximum atomic E-state index is 2.81. The topological polar surface area (TPSA) is 6.48 Å². The van der Waals surface area contributed by atoms with E-state index in [1.54, 1.807) is 0 Å². The van der Waals surface area contributed by atoms with Crippen LogP contribution in [0.3, 0.4) is 0 Å². The molecule has 0 heterocycles. The van der Waals surface area contributed by atoms with Gasteiger partial charge in [0.15, 0.2) is 0 Å². The number of hydrogen-bond acceptors (Lipinski definition) is 2. The van der Waals surface area contributed by atoms with Crippen LogP contribution in [0.15, 0.2) is 0 Å². The van der Waals surface area contributed by atoms with E-state index in [9.17, 15) is 0 Å². The lowest BCUT2D eigenvalue weighted by Gasteiger charge is -2.32. The first-order valence-electron chi connectivity index (χ1n) is 8.93. The molecule has 0 aromatic rings. The standard InChI is InChI=1S/C16H40N2Si2/c1-8-11-17(15(3)4)19-13-10-14-20(7)18(12-9-2)16(5)6/h15-16,20H,8-14,19H2,1-7H3. The first kappa shape index (κ1) is 20.4. The van der Waals surface area contributed by atoms with Crippen molar-refractivity contribution in [3.63, 3.8) is 0 Å². The Morgan fingerprint density at radius 3 is 2.00 bits per heavy atom. The fourth-order valence-electron chi connectivity index (χ4n) is 3.08. The normalized spacial score (nSPS) is 14.6. The average molecular weight is 317 g/mol. The van der Waals surface area contributed by atoms with Crippen molar-refractivity contribution in [2.24, 2.45) is 0 Å². The smallest absolute Gasteiger partial charge is 0.109 e. The average Bonchev–Trinajstić information content (AvgIpc) is 2.38. The van der Waals surface area contributed by atoms with E-state index in [0.29, 0.717) is 0 Å². The number of rotatable bonds is 12. The van der Waals surface area contributed by atoms with Gasteiger partial charge in [-0.2, -0.15) is 0 Å². The summed E-state index contributed by atoms with van der Waals surface area (Å²) >= 11 is 0. The van der Waals surface area contributed by atoms with Crippen LogP contribution in [0.2, 0.25) is 18.6 Å². The molecule has 122 valence electrons. The van der Waals surface area contributed by atoms with Gasteiger partial charge >= 0.3 is 0 Å². The Hall–Kier alpha value is 0.354. The summed E-state index contributed by atoms with van der Waals surface area (Å²) in [5.41, 5.74) is 0. The van der Waals surface area contributed by atoms with E-state index in [2.05, 4.69) is 57.2 Å². The molecule has 0 aromatic carbocycles. The molecule has 2 nitrogen and oxygen atoms in total. The van der Waals surface area contributed by atoms with Gasteiger partial charge in [-0.25, -0.2) is 0 Å². The Balaban J connectivity index is 3.97. The van der Waals surface area contributed by atoms with E-state index >= 15 is 0 Å². The number of nitrogens with zero attached hydrogens (tertiary/aromatic N) is 2. The lowest BCUT2D eigenvalue weighted by Crippen LogP contribution is -2.42. The zero-order valence-electron chi connectivity index (χ0n) is 15.3. The van der Waals surface area contributed by atoms with E-state index in [0.717, 1.165) is 12.1 Å². The third-order valence-electron chi connectivity index (χ3n) is 4.27. The molecule has 0 radical (unpaired) electrons. The van der Waals surface area contributed by atoms with Crippen LogP contribution in [-0.2, 0) is 0 Å². The summed E-state index contributed by atoms with van der Waals surface area (Å²) in [5, 5.41) is 0. The van der Waals surface area contributed by atoms with Gasteiger partial charge in [-0.15, -0.1) is 0 Å². The summed E-state index contributed by atoms with van der Waals surface area (Å²) in [6, 6.07) is 4.56. The van der Waals surface area contributed by atoms with Crippen molar-refractivity contribution in [2.45, 2.75) is 91.5 Å². The molecule has 0 aliphatic rings. The first-order chi connectivity index (χ1) is 9.43. The van der Waals surface area contributed by atoms with Crippen molar-refractivity contribution >= 4 is 18.6 Å². The van der Waals surface area contributed by atoms with Gasteiger partial charge in [-0.1, -0.05) is 60.6 Å². The van der Waals surface area contributed by atoms with Gasteiger partial charge in [0.05, 0.1) is 9.68 Å². The van der Waals surface area contributed by atoms with Crippen molar-refractivity contribution in [3.8, 4) is 0 Å². The molecule has 0 aliphatic carbocycles.